The Balaban J connectivity index is 2.16. The van der Waals surface area contributed by atoms with Gasteiger partial charge >= 0.3 is 0 Å². The Hall–Kier alpha value is -1.22. The molecule has 3 nitrogen and oxygen atoms in total. The summed E-state index contributed by atoms with van der Waals surface area (Å²) in [6.45, 7) is 0.953. The monoisotopic (exact) mass is 235 g/mol. The van der Waals surface area contributed by atoms with Gasteiger partial charge in [0.15, 0.2) is 11.5 Å². The first-order valence-electron chi connectivity index (χ1n) is 6.32. The van der Waals surface area contributed by atoms with Crippen molar-refractivity contribution >= 4 is 0 Å². The molecule has 94 valence electrons. The van der Waals surface area contributed by atoms with Crippen molar-refractivity contribution in [2.24, 2.45) is 0 Å². The molecule has 0 radical (unpaired) electrons. The topological polar surface area (TPSA) is 30.5 Å². The smallest absolute Gasteiger partial charge is 0.164 e. The zero-order valence-electron chi connectivity index (χ0n) is 10.7. The zero-order valence-corrected chi connectivity index (χ0v) is 10.7. The van der Waals surface area contributed by atoms with Crippen molar-refractivity contribution < 1.29 is 9.47 Å². The maximum Gasteiger partial charge on any atom is 0.164 e. The predicted molar refractivity (Wildman–Crippen MR) is 68.9 cm³/mol. The minimum atomic E-state index is 0.389. The number of benzene rings is 1. The van der Waals surface area contributed by atoms with Gasteiger partial charge in [0.05, 0.1) is 13.2 Å². The van der Waals surface area contributed by atoms with Crippen LogP contribution in [0.1, 0.15) is 24.8 Å². The Morgan fingerprint density at radius 1 is 1.35 bits per heavy atom. The molecule has 17 heavy (non-hydrogen) atoms. The fourth-order valence-electron chi connectivity index (χ4n) is 1.97. The van der Waals surface area contributed by atoms with Gasteiger partial charge in [0.1, 0.15) is 0 Å². The summed E-state index contributed by atoms with van der Waals surface area (Å²) >= 11 is 0. The van der Waals surface area contributed by atoms with E-state index in [1.807, 2.05) is 19.2 Å². The fraction of sp³-hybridized carbons (Fsp3) is 0.571. The second kappa shape index (κ2) is 5.92. The van der Waals surface area contributed by atoms with Crippen molar-refractivity contribution in [3.05, 3.63) is 23.8 Å². The van der Waals surface area contributed by atoms with Crippen LogP contribution >= 0.6 is 0 Å². The Morgan fingerprint density at radius 3 is 2.76 bits per heavy atom. The van der Waals surface area contributed by atoms with Crippen molar-refractivity contribution in [3.8, 4) is 11.5 Å². The Kier molecular flexibility index (Phi) is 4.26. The number of methoxy groups -OCH3 is 1. The molecule has 1 aliphatic carbocycles. The van der Waals surface area contributed by atoms with E-state index in [1.165, 1.54) is 24.8 Å². The highest BCUT2D eigenvalue weighted by Crippen LogP contribution is 2.35. The van der Waals surface area contributed by atoms with Gasteiger partial charge in [-0.2, -0.15) is 0 Å². The van der Waals surface area contributed by atoms with Crippen molar-refractivity contribution in [3.63, 3.8) is 0 Å². The minimum Gasteiger partial charge on any atom is -0.493 e. The summed E-state index contributed by atoms with van der Waals surface area (Å²) in [5.41, 5.74) is 1.23. The molecule has 3 heteroatoms. The molecule has 1 aromatic carbocycles. The molecule has 1 aromatic rings. The molecular formula is C14H21NO2. The van der Waals surface area contributed by atoms with E-state index in [2.05, 4.69) is 11.4 Å². The maximum absolute atomic E-state index is 6.05. The van der Waals surface area contributed by atoms with Gasteiger partial charge in [-0.1, -0.05) is 12.1 Å². The number of hydrogen-bond acceptors (Lipinski definition) is 3. The van der Waals surface area contributed by atoms with Crippen LogP contribution in [0.15, 0.2) is 18.2 Å². The van der Waals surface area contributed by atoms with E-state index in [0.717, 1.165) is 24.5 Å². The summed E-state index contributed by atoms with van der Waals surface area (Å²) in [5, 5.41) is 3.17. The first-order valence-corrected chi connectivity index (χ1v) is 6.32. The number of rotatable bonds is 6. The van der Waals surface area contributed by atoms with E-state index >= 15 is 0 Å². The molecule has 0 aliphatic heterocycles. The molecule has 0 bridgehead atoms. The lowest BCUT2D eigenvalue weighted by Gasteiger charge is -2.28. The van der Waals surface area contributed by atoms with Crippen LogP contribution in [0.25, 0.3) is 0 Å². The molecule has 1 aliphatic rings. The van der Waals surface area contributed by atoms with Crippen molar-refractivity contribution in [1.82, 2.24) is 5.32 Å². The zero-order chi connectivity index (χ0) is 12.1. The first-order chi connectivity index (χ1) is 8.35. The van der Waals surface area contributed by atoms with Gasteiger partial charge in [-0.25, -0.2) is 0 Å². The molecule has 0 heterocycles. The van der Waals surface area contributed by atoms with Gasteiger partial charge in [0.2, 0.25) is 0 Å². The minimum absolute atomic E-state index is 0.389. The molecule has 1 N–H and O–H groups in total. The SMILES string of the molecule is CNCCc1cccc(OC)c1OC1CCC1. The fourth-order valence-corrected chi connectivity index (χ4v) is 1.97. The molecule has 0 atom stereocenters. The highest BCUT2D eigenvalue weighted by molar-refractivity contribution is 5.47. The van der Waals surface area contributed by atoms with Crippen LogP contribution in [-0.4, -0.2) is 26.8 Å². The molecule has 1 saturated carbocycles. The van der Waals surface area contributed by atoms with E-state index in [4.69, 9.17) is 9.47 Å². The van der Waals surface area contributed by atoms with Gasteiger partial charge in [-0.05, 0) is 50.9 Å². The van der Waals surface area contributed by atoms with Crippen LogP contribution < -0.4 is 14.8 Å². The standard InChI is InChI=1S/C14H21NO2/c1-15-10-9-11-5-3-8-13(16-2)14(11)17-12-6-4-7-12/h3,5,8,12,15H,4,6-7,9-10H2,1-2H3. The number of nitrogens with one attached hydrogen (secondary N) is 1. The molecule has 0 unspecified atom stereocenters. The second-order valence-corrected chi connectivity index (χ2v) is 4.47. The summed E-state index contributed by atoms with van der Waals surface area (Å²) in [5.74, 6) is 1.79. The molecule has 0 amide bonds. The third kappa shape index (κ3) is 2.91. The van der Waals surface area contributed by atoms with E-state index in [9.17, 15) is 0 Å². The van der Waals surface area contributed by atoms with Gasteiger partial charge in [-0.3, -0.25) is 0 Å². The van der Waals surface area contributed by atoms with E-state index in [1.54, 1.807) is 7.11 Å². The normalized spacial score (nSPS) is 15.4. The van der Waals surface area contributed by atoms with Crippen molar-refractivity contribution in [2.75, 3.05) is 20.7 Å². The summed E-state index contributed by atoms with van der Waals surface area (Å²) in [6, 6.07) is 6.11. The highest BCUT2D eigenvalue weighted by Gasteiger charge is 2.22. The summed E-state index contributed by atoms with van der Waals surface area (Å²) in [6.07, 6.45) is 4.98. The summed E-state index contributed by atoms with van der Waals surface area (Å²) in [7, 11) is 3.66. The first kappa shape index (κ1) is 12.2. The largest absolute Gasteiger partial charge is 0.493 e. The van der Waals surface area contributed by atoms with E-state index in [-0.39, 0.29) is 0 Å². The van der Waals surface area contributed by atoms with E-state index in [0.29, 0.717) is 6.10 Å². The van der Waals surface area contributed by atoms with Crippen molar-refractivity contribution in [2.45, 2.75) is 31.8 Å². The van der Waals surface area contributed by atoms with Crippen LogP contribution in [0, 0.1) is 0 Å². The summed E-state index contributed by atoms with van der Waals surface area (Å²) in [4.78, 5) is 0. The summed E-state index contributed by atoms with van der Waals surface area (Å²) < 4.78 is 11.4. The van der Waals surface area contributed by atoms with Crippen LogP contribution in [0.5, 0.6) is 11.5 Å². The number of ether oxygens (including phenoxy) is 2. The molecule has 0 aromatic heterocycles. The van der Waals surface area contributed by atoms with Crippen LogP contribution in [0.2, 0.25) is 0 Å². The molecule has 0 spiro atoms. The van der Waals surface area contributed by atoms with Crippen LogP contribution in [0.3, 0.4) is 0 Å². The average molecular weight is 235 g/mol. The maximum atomic E-state index is 6.05. The lowest BCUT2D eigenvalue weighted by atomic mass is 9.96. The Bertz CT molecular complexity index is 361. The van der Waals surface area contributed by atoms with E-state index < -0.39 is 0 Å². The number of hydrogen-bond donors (Lipinski definition) is 1. The Morgan fingerprint density at radius 2 is 2.18 bits per heavy atom. The predicted octanol–water partition coefficient (Wildman–Crippen LogP) is 2.39. The lowest BCUT2D eigenvalue weighted by molar-refractivity contribution is 0.115. The van der Waals surface area contributed by atoms with Gasteiger partial charge < -0.3 is 14.8 Å². The molecule has 0 saturated heterocycles. The van der Waals surface area contributed by atoms with Crippen molar-refractivity contribution in [1.29, 1.82) is 0 Å². The number of likely N-dealkylation sites (N-methyl/N-ethyl adjacent to an activating group) is 1. The second-order valence-electron chi connectivity index (χ2n) is 4.47. The molecule has 2 rings (SSSR count). The van der Waals surface area contributed by atoms with Gasteiger partial charge in [0.25, 0.3) is 0 Å². The molecular weight excluding hydrogens is 214 g/mol. The third-order valence-electron chi connectivity index (χ3n) is 3.26. The highest BCUT2D eigenvalue weighted by atomic mass is 16.5. The molecule has 1 fully saturated rings. The Labute approximate surface area is 103 Å². The van der Waals surface area contributed by atoms with Crippen LogP contribution in [-0.2, 0) is 6.42 Å². The quantitative estimate of drug-likeness (QED) is 0.821. The number of para-hydroxylation sites is 1. The average Bonchev–Trinajstić information content (AvgIpc) is 2.31. The van der Waals surface area contributed by atoms with Crippen LogP contribution in [0.4, 0.5) is 0 Å². The van der Waals surface area contributed by atoms with Gasteiger partial charge in [0, 0.05) is 0 Å². The third-order valence-corrected chi connectivity index (χ3v) is 3.26. The lowest BCUT2D eigenvalue weighted by Crippen LogP contribution is -2.25. The van der Waals surface area contributed by atoms with Gasteiger partial charge in [-0.15, -0.1) is 0 Å².